The van der Waals surface area contributed by atoms with Gasteiger partial charge in [0.1, 0.15) is 0 Å². The molecule has 3 heteroatoms. The van der Waals surface area contributed by atoms with Crippen molar-refractivity contribution in [2.45, 2.75) is 12.8 Å². The van der Waals surface area contributed by atoms with Crippen molar-refractivity contribution in [1.82, 2.24) is 5.32 Å². The number of hydrogen-bond donors (Lipinski definition) is 1. The largest absolute Gasteiger partial charge is 0.311 e. The first-order valence-corrected chi connectivity index (χ1v) is 2.71. The quantitative estimate of drug-likeness (QED) is 0.501. The normalized spacial score (nSPS) is 35.6. The first-order chi connectivity index (χ1) is 3.63. The van der Waals surface area contributed by atoms with Gasteiger partial charge in [-0.3, -0.25) is 0 Å². The van der Waals surface area contributed by atoms with Gasteiger partial charge in [-0.25, -0.2) is 8.78 Å². The van der Waals surface area contributed by atoms with Crippen LogP contribution in [0.4, 0.5) is 8.78 Å². The van der Waals surface area contributed by atoms with Crippen molar-refractivity contribution in [2.24, 2.45) is 5.92 Å². The Hall–Kier alpha value is -0.180. The third-order valence-electron chi connectivity index (χ3n) is 1.53. The van der Waals surface area contributed by atoms with Gasteiger partial charge in [0.15, 0.2) is 0 Å². The van der Waals surface area contributed by atoms with Crippen molar-refractivity contribution in [3.63, 3.8) is 0 Å². The molecule has 1 saturated heterocycles. The fourth-order valence-electron chi connectivity index (χ4n) is 0.779. The third kappa shape index (κ3) is 0.823. The minimum Gasteiger partial charge on any atom is -0.311 e. The molecule has 0 aromatic heterocycles. The Morgan fingerprint density at radius 1 is 1.62 bits per heavy atom. The van der Waals surface area contributed by atoms with Crippen LogP contribution in [0.25, 0.3) is 0 Å². The van der Waals surface area contributed by atoms with Gasteiger partial charge in [-0.1, -0.05) is 6.92 Å². The summed E-state index contributed by atoms with van der Waals surface area (Å²) < 4.78 is 24.6. The highest BCUT2D eigenvalue weighted by atomic mass is 19.3. The van der Waals surface area contributed by atoms with Crippen molar-refractivity contribution < 1.29 is 8.78 Å². The lowest BCUT2D eigenvalue weighted by Crippen LogP contribution is -2.24. The first kappa shape index (κ1) is 5.95. The zero-order valence-electron chi connectivity index (χ0n) is 4.75. The minimum absolute atomic E-state index is 0.145. The van der Waals surface area contributed by atoms with Crippen molar-refractivity contribution >= 4 is 0 Å². The molecule has 1 atom stereocenters. The average Bonchev–Trinajstić information content (AvgIpc) is 1.86. The number of alkyl halides is 2. The number of halogens is 2. The van der Waals surface area contributed by atoms with Gasteiger partial charge < -0.3 is 5.32 Å². The Bertz CT molecular complexity index is 92.4. The van der Waals surface area contributed by atoms with Gasteiger partial charge >= 0.3 is 0 Å². The van der Waals surface area contributed by atoms with E-state index in [1.807, 2.05) is 0 Å². The number of rotatable bonds is 0. The predicted octanol–water partition coefficient (Wildman–Crippen LogP) is 0.861. The van der Waals surface area contributed by atoms with E-state index in [2.05, 4.69) is 5.32 Å². The van der Waals surface area contributed by atoms with Gasteiger partial charge in [0, 0.05) is 12.5 Å². The monoisotopic (exact) mass is 121 g/mol. The summed E-state index contributed by atoms with van der Waals surface area (Å²) in [6, 6.07) is 0. The van der Waals surface area contributed by atoms with Gasteiger partial charge in [-0.05, 0) is 0 Å². The molecule has 0 amide bonds. The molecule has 0 saturated carbocycles. The second-order valence-corrected chi connectivity index (χ2v) is 2.29. The van der Waals surface area contributed by atoms with E-state index in [-0.39, 0.29) is 6.54 Å². The van der Waals surface area contributed by atoms with Gasteiger partial charge in [0.05, 0.1) is 6.54 Å². The summed E-state index contributed by atoms with van der Waals surface area (Å²) in [7, 11) is 0. The van der Waals surface area contributed by atoms with Crippen LogP contribution in [-0.4, -0.2) is 19.0 Å². The smallest absolute Gasteiger partial charge is 0.264 e. The van der Waals surface area contributed by atoms with Crippen molar-refractivity contribution in [1.29, 1.82) is 0 Å². The number of nitrogens with one attached hydrogen (secondary N) is 1. The topological polar surface area (TPSA) is 12.0 Å². The molecule has 1 N–H and O–H groups in total. The Labute approximate surface area is 47.1 Å². The molecule has 0 bridgehead atoms. The van der Waals surface area contributed by atoms with Gasteiger partial charge in [0.25, 0.3) is 5.92 Å². The highest BCUT2D eigenvalue weighted by molar-refractivity contribution is 4.84. The summed E-state index contributed by atoms with van der Waals surface area (Å²) >= 11 is 0. The van der Waals surface area contributed by atoms with Crippen LogP contribution in [0, 0.1) is 5.92 Å². The summed E-state index contributed by atoms with van der Waals surface area (Å²) in [6.45, 7) is 1.86. The van der Waals surface area contributed by atoms with Crippen LogP contribution in [0.1, 0.15) is 6.92 Å². The second-order valence-electron chi connectivity index (χ2n) is 2.29. The van der Waals surface area contributed by atoms with Gasteiger partial charge in [-0.2, -0.15) is 0 Å². The molecule has 0 spiro atoms. The van der Waals surface area contributed by atoms with Crippen LogP contribution >= 0.6 is 0 Å². The van der Waals surface area contributed by atoms with E-state index in [1.54, 1.807) is 6.92 Å². The van der Waals surface area contributed by atoms with Crippen LogP contribution in [0.2, 0.25) is 0 Å². The molecule has 0 radical (unpaired) electrons. The second kappa shape index (κ2) is 1.65. The van der Waals surface area contributed by atoms with Gasteiger partial charge in [-0.15, -0.1) is 0 Å². The Balaban J connectivity index is 2.54. The zero-order chi connectivity index (χ0) is 6.20. The van der Waals surface area contributed by atoms with Crippen LogP contribution < -0.4 is 5.32 Å². The SMILES string of the molecule is C[C@@H]1CNCC1(F)F. The van der Waals surface area contributed by atoms with Crippen LogP contribution in [0.15, 0.2) is 0 Å². The molecule has 48 valence electrons. The lowest BCUT2D eigenvalue weighted by Gasteiger charge is -2.10. The van der Waals surface area contributed by atoms with E-state index in [9.17, 15) is 8.78 Å². The van der Waals surface area contributed by atoms with E-state index in [0.29, 0.717) is 6.54 Å². The zero-order valence-corrected chi connectivity index (χ0v) is 4.75. The Morgan fingerprint density at radius 2 is 2.25 bits per heavy atom. The van der Waals surface area contributed by atoms with Crippen molar-refractivity contribution in [3.05, 3.63) is 0 Å². The molecule has 8 heavy (non-hydrogen) atoms. The van der Waals surface area contributed by atoms with E-state index >= 15 is 0 Å². The third-order valence-corrected chi connectivity index (χ3v) is 1.53. The van der Waals surface area contributed by atoms with Crippen LogP contribution in [0.3, 0.4) is 0 Å². The summed E-state index contributed by atoms with van der Waals surface area (Å²) in [5, 5.41) is 2.61. The highest BCUT2D eigenvalue weighted by Gasteiger charge is 2.40. The lowest BCUT2D eigenvalue weighted by atomic mass is 10.1. The average molecular weight is 121 g/mol. The molecule has 0 aromatic carbocycles. The molecule has 0 aromatic rings. The van der Waals surface area contributed by atoms with E-state index in [4.69, 9.17) is 0 Å². The molecule has 1 heterocycles. The molecule has 1 fully saturated rings. The Morgan fingerprint density at radius 3 is 2.38 bits per heavy atom. The first-order valence-electron chi connectivity index (χ1n) is 2.71. The van der Waals surface area contributed by atoms with E-state index in [0.717, 1.165) is 0 Å². The van der Waals surface area contributed by atoms with Gasteiger partial charge in [0.2, 0.25) is 0 Å². The molecule has 0 aliphatic carbocycles. The van der Waals surface area contributed by atoms with Crippen molar-refractivity contribution in [3.8, 4) is 0 Å². The summed E-state index contributed by atoms with van der Waals surface area (Å²) in [5.74, 6) is -2.94. The molecular weight excluding hydrogens is 112 g/mol. The molecule has 1 aliphatic heterocycles. The summed E-state index contributed by atoms with van der Waals surface area (Å²) in [5.41, 5.74) is 0. The Kier molecular flexibility index (Phi) is 1.23. The maximum atomic E-state index is 12.3. The molecular formula is C5H9F2N. The number of hydrogen-bond acceptors (Lipinski definition) is 1. The van der Waals surface area contributed by atoms with Crippen LogP contribution in [-0.2, 0) is 0 Å². The fraction of sp³-hybridized carbons (Fsp3) is 1.00. The molecule has 1 nitrogen and oxygen atoms in total. The van der Waals surface area contributed by atoms with Crippen molar-refractivity contribution in [2.75, 3.05) is 13.1 Å². The maximum absolute atomic E-state index is 12.3. The fourth-order valence-corrected chi connectivity index (χ4v) is 0.779. The predicted molar refractivity (Wildman–Crippen MR) is 27.0 cm³/mol. The molecule has 1 aliphatic rings. The van der Waals surface area contributed by atoms with Crippen LogP contribution in [0.5, 0.6) is 0 Å². The maximum Gasteiger partial charge on any atom is 0.264 e. The highest BCUT2D eigenvalue weighted by Crippen LogP contribution is 2.26. The lowest BCUT2D eigenvalue weighted by molar-refractivity contribution is -0.0148. The molecule has 0 unspecified atom stereocenters. The van der Waals surface area contributed by atoms with E-state index in [1.165, 1.54) is 0 Å². The minimum atomic E-state index is -2.46. The standard InChI is InChI=1S/C5H9F2N/c1-4-2-8-3-5(4,6)7/h4,8H,2-3H2,1H3/t4-/m1/s1. The summed E-state index contributed by atoms with van der Waals surface area (Å²) in [6.07, 6.45) is 0. The summed E-state index contributed by atoms with van der Waals surface area (Å²) in [4.78, 5) is 0. The molecule has 1 rings (SSSR count). The van der Waals surface area contributed by atoms with E-state index < -0.39 is 11.8 Å².